The summed E-state index contributed by atoms with van der Waals surface area (Å²) in [7, 11) is 0. The van der Waals surface area contributed by atoms with E-state index in [1.807, 2.05) is 38.1 Å². The van der Waals surface area contributed by atoms with Gasteiger partial charge in [0.1, 0.15) is 5.75 Å². The van der Waals surface area contributed by atoms with Gasteiger partial charge in [0.05, 0.1) is 6.61 Å². The molecule has 0 saturated heterocycles. The standard InChI is InChI=1S/C14H14BrNO2/c1-9-5-12(3-4-13(9)15)18-14-7-11(8-17)6-10(2)16-14/h3-7,17H,8H2,1-2H3. The molecule has 2 aromatic rings. The first-order valence-electron chi connectivity index (χ1n) is 5.61. The van der Waals surface area contributed by atoms with Gasteiger partial charge in [-0.3, -0.25) is 0 Å². The van der Waals surface area contributed by atoms with Crippen LogP contribution in [0.1, 0.15) is 16.8 Å². The van der Waals surface area contributed by atoms with E-state index in [9.17, 15) is 0 Å². The molecular formula is C14H14BrNO2. The molecule has 0 radical (unpaired) electrons. The molecular weight excluding hydrogens is 294 g/mol. The van der Waals surface area contributed by atoms with Crippen LogP contribution in [0, 0.1) is 13.8 Å². The predicted octanol–water partition coefficient (Wildman–Crippen LogP) is 3.75. The lowest BCUT2D eigenvalue weighted by atomic mass is 10.2. The Morgan fingerprint density at radius 2 is 2.00 bits per heavy atom. The number of aliphatic hydroxyl groups excluding tert-OH is 1. The molecule has 1 aromatic heterocycles. The van der Waals surface area contributed by atoms with Gasteiger partial charge < -0.3 is 9.84 Å². The number of rotatable bonds is 3. The van der Waals surface area contributed by atoms with Crippen molar-refractivity contribution in [1.29, 1.82) is 0 Å². The van der Waals surface area contributed by atoms with Gasteiger partial charge in [-0.1, -0.05) is 15.9 Å². The molecule has 0 aliphatic rings. The Balaban J connectivity index is 2.27. The molecule has 1 N–H and O–H groups in total. The van der Waals surface area contributed by atoms with Crippen LogP contribution < -0.4 is 4.74 Å². The van der Waals surface area contributed by atoms with Gasteiger partial charge in [-0.25, -0.2) is 4.98 Å². The second-order valence-electron chi connectivity index (χ2n) is 4.13. The van der Waals surface area contributed by atoms with Gasteiger partial charge in [-0.05, 0) is 49.2 Å². The van der Waals surface area contributed by atoms with E-state index >= 15 is 0 Å². The number of halogens is 1. The van der Waals surface area contributed by atoms with Gasteiger partial charge in [0.15, 0.2) is 0 Å². The fourth-order valence-electron chi connectivity index (χ4n) is 1.65. The van der Waals surface area contributed by atoms with Crippen LogP contribution in [0.3, 0.4) is 0 Å². The normalized spacial score (nSPS) is 10.4. The number of aryl methyl sites for hydroxylation is 2. The van der Waals surface area contributed by atoms with Crippen LogP contribution in [0.5, 0.6) is 11.6 Å². The SMILES string of the molecule is Cc1cc(CO)cc(Oc2ccc(Br)c(C)c2)n1. The summed E-state index contributed by atoms with van der Waals surface area (Å²) in [6, 6.07) is 9.32. The Morgan fingerprint density at radius 3 is 2.67 bits per heavy atom. The average molecular weight is 308 g/mol. The Kier molecular flexibility index (Phi) is 3.99. The molecule has 0 spiro atoms. The van der Waals surface area contributed by atoms with E-state index in [-0.39, 0.29) is 6.61 Å². The summed E-state index contributed by atoms with van der Waals surface area (Å²) in [5, 5.41) is 9.14. The first kappa shape index (κ1) is 13.1. The van der Waals surface area contributed by atoms with Crippen molar-refractivity contribution in [3.8, 4) is 11.6 Å². The van der Waals surface area contributed by atoms with Crippen molar-refractivity contribution in [2.24, 2.45) is 0 Å². The van der Waals surface area contributed by atoms with Crippen molar-refractivity contribution in [3.05, 3.63) is 51.6 Å². The van der Waals surface area contributed by atoms with Gasteiger partial charge >= 0.3 is 0 Å². The van der Waals surface area contributed by atoms with E-state index in [0.29, 0.717) is 5.88 Å². The summed E-state index contributed by atoms with van der Waals surface area (Å²) >= 11 is 3.44. The van der Waals surface area contributed by atoms with E-state index in [2.05, 4.69) is 20.9 Å². The topological polar surface area (TPSA) is 42.4 Å². The molecule has 0 atom stereocenters. The number of hydrogen-bond acceptors (Lipinski definition) is 3. The predicted molar refractivity (Wildman–Crippen MR) is 73.8 cm³/mol. The van der Waals surface area contributed by atoms with E-state index in [4.69, 9.17) is 9.84 Å². The van der Waals surface area contributed by atoms with Crippen LogP contribution in [0.2, 0.25) is 0 Å². The first-order chi connectivity index (χ1) is 8.58. The van der Waals surface area contributed by atoms with Crippen molar-refractivity contribution >= 4 is 15.9 Å². The summed E-state index contributed by atoms with van der Waals surface area (Å²) in [6.07, 6.45) is 0. The van der Waals surface area contributed by atoms with Gasteiger partial charge in [-0.15, -0.1) is 0 Å². The van der Waals surface area contributed by atoms with E-state index in [1.165, 1.54) is 0 Å². The minimum Gasteiger partial charge on any atom is -0.439 e. The number of hydrogen-bond donors (Lipinski definition) is 1. The van der Waals surface area contributed by atoms with Crippen LogP contribution in [0.25, 0.3) is 0 Å². The molecule has 1 aromatic carbocycles. The molecule has 18 heavy (non-hydrogen) atoms. The summed E-state index contributed by atoms with van der Waals surface area (Å²) < 4.78 is 6.74. The quantitative estimate of drug-likeness (QED) is 0.939. The van der Waals surface area contributed by atoms with Crippen molar-refractivity contribution < 1.29 is 9.84 Å². The fourth-order valence-corrected chi connectivity index (χ4v) is 1.90. The molecule has 2 rings (SSSR count). The van der Waals surface area contributed by atoms with E-state index < -0.39 is 0 Å². The molecule has 0 aliphatic heterocycles. The van der Waals surface area contributed by atoms with Crippen LogP contribution in [0.4, 0.5) is 0 Å². The minimum atomic E-state index is -0.0148. The molecule has 0 unspecified atom stereocenters. The molecule has 3 nitrogen and oxygen atoms in total. The van der Waals surface area contributed by atoms with Crippen molar-refractivity contribution in [3.63, 3.8) is 0 Å². The molecule has 0 amide bonds. The molecule has 0 fully saturated rings. The third-order valence-electron chi connectivity index (χ3n) is 2.52. The van der Waals surface area contributed by atoms with Crippen molar-refractivity contribution in [1.82, 2.24) is 4.98 Å². The van der Waals surface area contributed by atoms with Gasteiger partial charge in [0.25, 0.3) is 0 Å². The van der Waals surface area contributed by atoms with E-state index in [0.717, 1.165) is 27.0 Å². The molecule has 0 bridgehead atoms. The maximum Gasteiger partial charge on any atom is 0.219 e. The lowest BCUT2D eigenvalue weighted by Crippen LogP contribution is -1.94. The third-order valence-corrected chi connectivity index (χ3v) is 3.41. The Morgan fingerprint density at radius 1 is 1.22 bits per heavy atom. The highest BCUT2D eigenvalue weighted by molar-refractivity contribution is 9.10. The van der Waals surface area contributed by atoms with Crippen molar-refractivity contribution in [2.75, 3.05) is 0 Å². The number of nitrogens with zero attached hydrogens (tertiary/aromatic N) is 1. The van der Waals surface area contributed by atoms with Crippen LogP contribution in [-0.4, -0.2) is 10.1 Å². The lowest BCUT2D eigenvalue weighted by molar-refractivity contribution is 0.281. The number of ether oxygens (including phenoxy) is 1. The maximum atomic E-state index is 9.14. The number of benzene rings is 1. The Bertz CT molecular complexity index is 570. The number of aromatic nitrogens is 1. The summed E-state index contributed by atoms with van der Waals surface area (Å²) in [6.45, 7) is 3.86. The van der Waals surface area contributed by atoms with Crippen molar-refractivity contribution in [2.45, 2.75) is 20.5 Å². The van der Waals surface area contributed by atoms with Gasteiger partial charge in [0, 0.05) is 16.2 Å². The summed E-state index contributed by atoms with van der Waals surface area (Å²) in [5.41, 5.74) is 2.72. The average Bonchev–Trinajstić information content (AvgIpc) is 2.33. The molecule has 1 heterocycles. The highest BCUT2D eigenvalue weighted by atomic mass is 79.9. The minimum absolute atomic E-state index is 0.0148. The van der Waals surface area contributed by atoms with Gasteiger partial charge in [0.2, 0.25) is 5.88 Å². The smallest absolute Gasteiger partial charge is 0.219 e. The molecule has 0 aliphatic carbocycles. The van der Waals surface area contributed by atoms with Crippen LogP contribution >= 0.6 is 15.9 Å². The highest BCUT2D eigenvalue weighted by Crippen LogP contribution is 2.25. The summed E-state index contributed by atoms with van der Waals surface area (Å²) in [5.74, 6) is 1.23. The van der Waals surface area contributed by atoms with Crippen LogP contribution in [-0.2, 0) is 6.61 Å². The zero-order valence-electron chi connectivity index (χ0n) is 10.3. The number of pyridine rings is 1. The largest absolute Gasteiger partial charge is 0.439 e. The Hall–Kier alpha value is -1.39. The second kappa shape index (κ2) is 5.50. The molecule has 4 heteroatoms. The third kappa shape index (κ3) is 3.09. The highest BCUT2D eigenvalue weighted by Gasteiger charge is 2.04. The zero-order chi connectivity index (χ0) is 13.1. The van der Waals surface area contributed by atoms with Gasteiger partial charge in [-0.2, -0.15) is 0 Å². The monoisotopic (exact) mass is 307 g/mol. The molecule has 0 saturated carbocycles. The number of aliphatic hydroxyl groups is 1. The fraction of sp³-hybridized carbons (Fsp3) is 0.214. The summed E-state index contributed by atoms with van der Waals surface area (Å²) in [4.78, 5) is 4.28. The second-order valence-corrected chi connectivity index (χ2v) is 4.98. The lowest BCUT2D eigenvalue weighted by Gasteiger charge is -2.08. The first-order valence-corrected chi connectivity index (χ1v) is 6.40. The maximum absolute atomic E-state index is 9.14. The van der Waals surface area contributed by atoms with E-state index in [1.54, 1.807) is 6.07 Å². The molecule has 94 valence electrons. The zero-order valence-corrected chi connectivity index (χ0v) is 11.9. The van der Waals surface area contributed by atoms with Crippen LogP contribution in [0.15, 0.2) is 34.8 Å². The Labute approximate surface area is 115 Å².